The van der Waals surface area contributed by atoms with Crippen LogP contribution < -0.4 is 5.30 Å². The predicted octanol–water partition coefficient (Wildman–Crippen LogP) is 2.93. The third-order valence-electron chi connectivity index (χ3n) is 1.90. The number of hydrogen-bond donors (Lipinski definition) is 0. The van der Waals surface area contributed by atoms with Gasteiger partial charge in [-0.25, -0.2) is 13.2 Å². The number of benzene rings is 1. The van der Waals surface area contributed by atoms with E-state index in [1.165, 1.54) is 0 Å². The average molecular weight is 246 g/mol. The summed E-state index contributed by atoms with van der Waals surface area (Å²) in [6.07, 6.45) is -5.05. The minimum Gasteiger partial charge on any atom is -0.203 e. The summed E-state index contributed by atoms with van der Waals surface area (Å²) < 4.78 is 75.2. The molecule has 0 N–H and O–H groups in total. The van der Waals surface area contributed by atoms with Gasteiger partial charge in [0.15, 0.2) is 17.5 Å². The van der Waals surface area contributed by atoms with Gasteiger partial charge in [-0.1, -0.05) is 0 Å². The second-order valence-electron chi connectivity index (χ2n) is 2.85. The van der Waals surface area contributed by atoms with Crippen molar-refractivity contribution in [3.63, 3.8) is 0 Å². The first-order chi connectivity index (χ1) is 6.68. The van der Waals surface area contributed by atoms with Gasteiger partial charge in [-0.15, -0.1) is 9.24 Å². The molecule has 1 atom stereocenters. The van der Waals surface area contributed by atoms with E-state index in [9.17, 15) is 26.3 Å². The highest BCUT2D eigenvalue weighted by Gasteiger charge is 2.39. The van der Waals surface area contributed by atoms with Crippen LogP contribution in [0.3, 0.4) is 0 Å². The van der Waals surface area contributed by atoms with Crippen LogP contribution in [0, 0.1) is 24.4 Å². The highest BCUT2D eigenvalue weighted by molar-refractivity contribution is 7.27. The SMILES string of the molecule is Cc1c(P)c(F)c(F)c(F)c1C(F)(F)F. The molecule has 84 valence electrons. The van der Waals surface area contributed by atoms with Gasteiger partial charge in [-0.3, -0.25) is 0 Å². The van der Waals surface area contributed by atoms with Crippen molar-refractivity contribution in [1.82, 2.24) is 0 Å². The Hall–Kier alpha value is -0.770. The lowest BCUT2D eigenvalue weighted by atomic mass is 10.1. The summed E-state index contributed by atoms with van der Waals surface area (Å²) in [4.78, 5) is 0. The second kappa shape index (κ2) is 3.67. The molecule has 0 bridgehead atoms. The van der Waals surface area contributed by atoms with Gasteiger partial charge in [-0.05, 0) is 12.5 Å². The molecule has 15 heavy (non-hydrogen) atoms. The van der Waals surface area contributed by atoms with Gasteiger partial charge >= 0.3 is 6.18 Å². The Kier molecular flexibility index (Phi) is 3.01. The summed E-state index contributed by atoms with van der Waals surface area (Å²) >= 11 is 0. The molecule has 0 nitrogen and oxygen atoms in total. The monoisotopic (exact) mass is 246 g/mol. The van der Waals surface area contributed by atoms with E-state index in [1.54, 1.807) is 9.24 Å². The van der Waals surface area contributed by atoms with Crippen LogP contribution in [0.4, 0.5) is 26.3 Å². The molecule has 0 saturated carbocycles. The van der Waals surface area contributed by atoms with E-state index in [0.29, 0.717) is 0 Å². The van der Waals surface area contributed by atoms with Crippen molar-refractivity contribution in [2.75, 3.05) is 0 Å². The van der Waals surface area contributed by atoms with E-state index in [0.717, 1.165) is 6.92 Å². The van der Waals surface area contributed by atoms with Crippen LogP contribution in [-0.4, -0.2) is 0 Å². The Morgan fingerprint density at radius 3 is 1.80 bits per heavy atom. The first kappa shape index (κ1) is 12.3. The molecule has 1 aromatic carbocycles. The van der Waals surface area contributed by atoms with Crippen LogP contribution in [0.25, 0.3) is 0 Å². The highest BCUT2D eigenvalue weighted by Crippen LogP contribution is 2.35. The van der Waals surface area contributed by atoms with E-state index in [1.807, 2.05) is 0 Å². The molecular weight excluding hydrogens is 241 g/mol. The molecule has 0 aliphatic rings. The number of hydrogen-bond acceptors (Lipinski definition) is 0. The normalized spacial score (nSPS) is 12.0. The summed E-state index contributed by atoms with van der Waals surface area (Å²) in [5, 5.41) is -0.624. The molecule has 0 saturated heterocycles. The van der Waals surface area contributed by atoms with Gasteiger partial charge < -0.3 is 0 Å². The van der Waals surface area contributed by atoms with Crippen LogP contribution in [0.5, 0.6) is 0 Å². The van der Waals surface area contributed by atoms with Crippen molar-refractivity contribution >= 4 is 14.5 Å². The molecule has 1 rings (SSSR count). The van der Waals surface area contributed by atoms with Gasteiger partial charge in [0, 0.05) is 5.30 Å². The number of alkyl halides is 3. The fourth-order valence-electron chi connectivity index (χ4n) is 1.13. The van der Waals surface area contributed by atoms with E-state index in [-0.39, 0.29) is 0 Å². The highest BCUT2D eigenvalue weighted by atomic mass is 31.0. The topological polar surface area (TPSA) is 0 Å². The summed E-state index contributed by atoms with van der Waals surface area (Å²) in [5.41, 5.74) is -2.45. The molecule has 0 spiro atoms. The summed E-state index contributed by atoms with van der Waals surface area (Å²) in [6.45, 7) is 0.872. The van der Waals surface area contributed by atoms with Crippen molar-refractivity contribution in [2.24, 2.45) is 0 Å². The smallest absolute Gasteiger partial charge is 0.203 e. The molecule has 0 aromatic heterocycles. The molecule has 0 aliphatic carbocycles. The van der Waals surface area contributed by atoms with Crippen molar-refractivity contribution < 1.29 is 26.3 Å². The standard InChI is InChI=1S/C8H5F6P/c1-2-3(8(12,13)14)4(9)5(10)6(11)7(2)15/h15H2,1H3. The Bertz CT molecular complexity index is 380. The molecule has 0 aliphatic heterocycles. The Balaban J connectivity index is 3.68. The Morgan fingerprint density at radius 1 is 0.933 bits per heavy atom. The lowest BCUT2D eigenvalue weighted by Gasteiger charge is -2.14. The second-order valence-corrected chi connectivity index (χ2v) is 3.43. The lowest BCUT2D eigenvalue weighted by molar-refractivity contribution is -0.140. The predicted molar refractivity (Wildman–Crippen MR) is 45.4 cm³/mol. The van der Waals surface area contributed by atoms with Gasteiger partial charge in [0.25, 0.3) is 0 Å². The van der Waals surface area contributed by atoms with E-state index in [4.69, 9.17) is 0 Å². The maximum atomic E-state index is 12.9. The van der Waals surface area contributed by atoms with Crippen LogP contribution in [-0.2, 0) is 6.18 Å². The summed E-state index contributed by atoms with van der Waals surface area (Å²) in [7, 11) is 1.61. The summed E-state index contributed by atoms with van der Waals surface area (Å²) in [5.74, 6) is -5.94. The maximum absolute atomic E-state index is 12.9. The van der Waals surface area contributed by atoms with E-state index in [2.05, 4.69) is 0 Å². The zero-order valence-electron chi connectivity index (χ0n) is 7.35. The van der Waals surface area contributed by atoms with Crippen LogP contribution in [0.15, 0.2) is 0 Å². The van der Waals surface area contributed by atoms with Gasteiger partial charge in [-0.2, -0.15) is 13.2 Å². The van der Waals surface area contributed by atoms with Crippen LogP contribution in [0.2, 0.25) is 0 Å². The largest absolute Gasteiger partial charge is 0.419 e. The molecular formula is C8H5F6P. The van der Waals surface area contributed by atoms with Gasteiger partial charge in [0.05, 0.1) is 5.56 Å². The third kappa shape index (κ3) is 1.95. The molecule has 7 heteroatoms. The first-order valence-corrected chi connectivity index (χ1v) is 4.25. The molecule has 0 amide bonds. The van der Waals surface area contributed by atoms with Gasteiger partial charge in [0.2, 0.25) is 0 Å². The fourth-order valence-corrected chi connectivity index (χ4v) is 1.40. The fraction of sp³-hybridized carbons (Fsp3) is 0.250. The molecule has 0 radical (unpaired) electrons. The average Bonchev–Trinajstić information content (AvgIpc) is 2.09. The molecule has 1 aromatic rings. The van der Waals surface area contributed by atoms with Crippen molar-refractivity contribution in [2.45, 2.75) is 13.1 Å². The lowest BCUT2D eigenvalue weighted by Crippen LogP contribution is -2.20. The van der Waals surface area contributed by atoms with Crippen LogP contribution >= 0.6 is 9.24 Å². The number of rotatable bonds is 0. The minimum atomic E-state index is -5.05. The van der Waals surface area contributed by atoms with Crippen LogP contribution in [0.1, 0.15) is 11.1 Å². The Morgan fingerprint density at radius 2 is 1.40 bits per heavy atom. The molecule has 1 unspecified atom stereocenters. The van der Waals surface area contributed by atoms with Gasteiger partial charge in [0.1, 0.15) is 0 Å². The minimum absolute atomic E-state index is 0.624. The molecule has 0 heterocycles. The maximum Gasteiger partial charge on any atom is 0.419 e. The van der Waals surface area contributed by atoms with Crippen molar-refractivity contribution in [1.29, 1.82) is 0 Å². The quantitative estimate of drug-likeness (QED) is 0.375. The first-order valence-electron chi connectivity index (χ1n) is 3.67. The summed E-state index contributed by atoms with van der Waals surface area (Å²) in [6, 6.07) is 0. The zero-order valence-corrected chi connectivity index (χ0v) is 8.50. The third-order valence-corrected chi connectivity index (χ3v) is 2.59. The van der Waals surface area contributed by atoms with E-state index < -0.39 is 40.1 Å². The molecule has 0 fully saturated rings. The van der Waals surface area contributed by atoms with Crippen molar-refractivity contribution in [3.05, 3.63) is 28.6 Å². The van der Waals surface area contributed by atoms with E-state index >= 15 is 0 Å². The zero-order chi connectivity index (χ0) is 12.0. The number of halogens is 6. The Labute approximate surface area is 83.5 Å². The van der Waals surface area contributed by atoms with Crippen molar-refractivity contribution in [3.8, 4) is 0 Å².